The van der Waals surface area contributed by atoms with Gasteiger partial charge in [0.2, 0.25) is 5.95 Å². The van der Waals surface area contributed by atoms with Crippen LogP contribution in [0.1, 0.15) is 47.0 Å². The largest absolute Gasteiger partial charge is 0.385 e. The third-order valence-corrected chi connectivity index (χ3v) is 8.79. The molecule has 14 heteroatoms. The predicted molar refractivity (Wildman–Crippen MR) is 118 cm³/mol. The van der Waals surface area contributed by atoms with Gasteiger partial charge < -0.3 is 35.2 Å². The van der Waals surface area contributed by atoms with Gasteiger partial charge in [-0.2, -0.15) is 4.98 Å². The van der Waals surface area contributed by atoms with Crippen LogP contribution in [0.25, 0.3) is 11.2 Å². The van der Waals surface area contributed by atoms with Crippen LogP contribution in [0.2, 0.25) is 0 Å². The lowest BCUT2D eigenvalue weighted by atomic mass is 9.91. The minimum absolute atomic E-state index is 0.00776. The van der Waals surface area contributed by atoms with E-state index in [-0.39, 0.29) is 43.0 Å². The first-order valence-corrected chi connectivity index (χ1v) is 12.2. The highest BCUT2D eigenvalue weighted by molar-refractivity contribution is 7.54. The third-order valence-electron chi connectivity index (χ3n) is 6.57. The molecule has 13 nitrogen and oxygen atoms in total. The molecule has 4 unspecified atom stereocenters. The molecule has 0 saturated carbocycles. The number of aliphatic hydroxyl groups is 3. The minimum Gasteiger partial charge on any atom is -0.385 e. The minimum atomic E-state index is -4.46. The van der Waals surface area contributed by atoms with Crippen molar-refractivity contribution in [2.45, 2.75) is 75.8 Å². The van der Waals surface area contributed by atoms with Crippen molar-refractivity contribution in [1.29, 1.82) is 0 Å². The summed E-state index contributed by atoms with van der Waals surface area (Å²) in [5.41, 5.74) is 1.90. The summed E-state index contributed by atoms with van der Waals surface area (Å²) in [4.78, 5) is 30.9. The average molecular weight is 489 g/mol. The quantitative estimate of drug-likeness (QED) is 0.313. The van der Waals surface area contributed by atoms with Crippen LogP contribution in [-0.2, 0) is 26.6 Å². The highest BCUT2D eigenvalue weighted by Gasteiger charge is 2.54. The summed E-state index contributed by atoms with van der Waals surface area (Å²) in [6.07, 6.45) is -1.18. The number of ether oxygens (including phenoxy) is 1. The fourth-order valence-corrected chi connectivity index (χ4v) is 5.08. The van der Waals surface area contributed by atoms with E-state index >= 15 is 0 Å². The first kappa shape index (κ1) is 25.8. The average Bonchev–Trinajstić information content (AvgIpc) is 3.29. The highest BCUT2D eigenvalue weighted by atomic mass is 31.2. The van der Waals surface area contributed by atoms with Gasteiger partial charge in [-0.05, 0) is 26.7 Å². The number of imidazole rings is 1. The van der Waals surface area contributed by atoms with E-state index in [1.54, 1.807) is 20.8 Å². The van der Waals surface area contributed by atoms with Crippen LogP contribution in [0, 0.1) is 0 Å². The van der Waals surface area contributed by atoms with Gasteiger partial charge in [-0.3, -0.25) is 18.5 Å². The van der Waals surface area contributed by atoms with Crippen molar-refractivity contribution in [2.75, 3.05) is 12.3 Å². The number of nitrogens with zero attached hydrogens (tertiary/aromatic N) is 4. The first-order chi connectivity index (χ1) is 15.1. The van der Waals surface area contributed by atoms with Gasteiger partial charge in [0, 0.05) is 13.5 Å². The van der Waals surface area contributed by atoms with Crippen molar-refractivity contribution < 1.29 is 34.0 Å². The standard InChI is InChI=1S/C19H32N5O8P/c1-6-17(3,32-33(29,30)18(4,27)7-2)8-11-13(25)19(28,9-31-11)24-10-21-12-14(24)22-16(20)23(5)15(12)26/h10-11,13,25,27-28H,6-9H2,1-5H3,(H2,20,22)(H,29,30)/t11-,13-,17?,18?,19?/m1/s1. The molecule has 3 rings (SSSR count). The number of anilines is 1. The van der Waals surface area contributed by atoms with Crippen molar-refractivity contribution in [3.63, 3.8) is 0 Å². The van der Waals surface area contributed by atoms with E-state index in [0.29, 0.717) is 0 Å². The van der Waals surface area contributed by atoms with Crippen LogP contribution in [0.3, 0.4) is 0 Å². The second kappa shape index (κ2) is 8.42. The Morgan fingerprint density at radius 2 is 2.03 bits per heavy atom. The topological polar surface area (TPSA) is 195 Å². The molecule has 0 bridgehead atoms. The molecule has 1 aliphatic heterocycles. The van der Waals surface area contributed by atoms with E-state index < -0.39 is 42.0 Å². The number of nitrogens with two attached hydrogens (primary N) is 1. The van der Waals surface area contributed by atoms with Crippen molar-refractivity contribution in [3.8, 4) is 0 Å². The van der Waals surface area contributed by atoms with Crippen LogP contribution in [0.5, 0.6) is 0 Å². The maximum absolute atomic E-state index is 12.7. The SMILES string of the molecule is CCC(C)(C[C@H]1OCC(O)(n2cnc3c(=O)n(C)c(N)nc32)[C@@H]1O)OP(=O)(O)C(C)(O)CC. The Labute approximate surface area is 190 Å². The summed E-state index contributed by atoms with van der Waals surface area (Å²) in [7, 11) is -3.03. The van der Waals surface area contributed by atoms with Crippen molar-refractivity contribution >= 4 is 24.7 Å². The molecule has 2 aromatic rings. The normalized spacial score (nSPS) is 29.0. The van der Waals surface area contributed by atoms with Gasteiger partial charge in [-0.25, -0.2) is 4.98 Å². The Balaban J connectivity index is 1.90. The number of hydrogen-bond donors (Lipinski definition) is 5. The number of hydrogen-bond acceptors (Lipinski definition) is 10. The second-order valence-corrected chi connectivity index (χ2v) is 11.2. The van der Waals surface area contributed by atoms with Gasteiger partial charge in [-0.1, -0.05) is 13.8 Å². The maximum atomic E-state index is 12.7. The summed E-state index contributed by atoms with van der Waals surface area (Å²) < 4.78 is 26.1. The molecule has 1 aliphatic rings. The van der Waals surface area contributed by atoms with Gasteiger partial charge in [0.15, 0.2) is 22.2 Å². The zero-order chi connectivity index (χ0) is 25.0. The Bertz CT molecular complexity index is 1150. The lowest BCUT2D eigenvalue weighted by Crippen LogP contribution is -2.48. The van der Waals surface area contributed by atoms with Gasteiger partial charge in [0.05, 0.1) is 24.6 Å². The lowest BCUT2D eigenvalue weighted by Gasteiger charge is -2.38. The van der Waals surface area contributed by atoms with Gasteiger partial charge in [0.25, 0.3) is 5.56 Å². The van der Waals surface area contributed by atoms with Crippen LogP contribution < -0.4 is 11.3 Å². The number of aliphatic hydroxyl groups excluding tert-OH is 1. The van der Waals surface area contributed by atoms with Crippen LogP contribution in [-0.4, -0.2) is 69.1 Å². The molecule has 0 aromatic carbocycles. The van der Waals surface area contributed by atoms with Crippen molar-refractivity contribution in [3.05, 3.63) is 16.7 Å². The molecule has 3 heterocycles. The molecule has 6 atom stereocenters. The fraction of sp³-hybridized carbons (Fsp3) is 0.737. The van der Waals surface area contributed by atoms with Crippen molar-refractivity contribution in [2.24, 2.45) is 7.05 Å². The molecule has 0 aliphatic carbocycles. The highest BCUT2D eigenvalue weighted by Crippen LogP contribution is 2.59. The van der Waals surface area contributed by atoms with Crippen LogP contribution in [0.4, 0.5) is 5.95 Å². The van der Waals surface area contributed by atoms with Crippen LogP contribution in [0.15, 0.2) is 11.1 Å². The summed E-state index contributed by atoms with van der Waals surface area (Å²) in [5, 5.41) is 30.6. The smallest absolute Gasteiger partial charge is 0.359 e. The van der Waals surface area contributed by atoms with Gasteiger partial charge in [-0.15, -0.1) is 0 Å². The Hall–Kier alpha value is -1.86. The summed E-state index contributed by atoms with van der Waals surface area (Å²) in [5.74, 6) is -0.101. The summed E-state index contributed by atoms with van der Waals surface area (Å²) >= 11 is 0. The summed E-state index contributed by atoms with van der Waals surface area (Å²) in [6, 6.07) is 0. The van der Waals surface area contributed by atoms with E-state index in [0.717, 1.165) is 9.13 Å². The number of nitrogen functional groups attached to an aromatic ring is 1. The van der Waals surface area contributed by atoms with E-state index in [4.69, 9.17) is 15.0 Å². The molecular weight excluding hydrogens is 457 g/mol. The molecule has 1 saturated heterocycles. The Kier molecular flexibility index (Phi) is 6.57. The molecule has 0 amide bonds. The first-order valence-electron chi connectivity index (χ1n) is 10.6. The zero-order valence-corrected chi connectivity index (χ0v) is 20.2. The maximum Gasteiger partial charge on any atom is 0.359 e. The molecule has 0 radical (unpaired) electrons. The van der Waals surface area contributed by atoms with E-state index in [9.17, 15) is 29.6 Å². The summed E-state index contributed by atoms with van der Waals surface area (Å²) in [6.45, 7) is 5.69. The predicted octanol–water partition coefficient (Wildman–Crippen LogP) is -0.00370. The molecule has 6 N–H and O–H groups in total. The van der Waals surface area contributed by atoms with Gasteiger partial charge >= 0.3 is 7.60 Å². The number of aromatic nitrogens is 4. The van der Waals surface area contributed by atoms with Crippen LogP contribution >= 0.6 is 7.60 Å². The molecule has 2 aromatic heterocycles. The molecule has 186 valence electrons. The van der Waals surface area contributed by atoms with Crippen molar-refractivity contribution in [1.82, 2.24) is 19.1 Å². The van der Waals surface area contributed by atoms with E-state index in [1.165, 1.54) is 20.3 Å². The Morgan fingerprint density at radius 1 is 1.39 bits per heavy atom. The molecular formula is C19H32N5O8P. The third kappa shape index (κ3) is 4.23. The molecule has 0 spiro atoms. The number of rotatable bonds is 8. The fourth-order valence-electron chi connectivity index (χ4n) is 3.68. The zero-order valence-electron chi connectivity index (χ0n) is 19.3. The Morgan fingerprint density at radius 3 is 2.61 bits per heavy atom. The van der Waals surface area contributed by atoms with Gasteiger partial charge in [0.1, 0.15) is 6.10 Å². The lowest BCUT2D eigenvalue weighted by molar-refractivity contribution is -0.111. The van der Waals surface area contributed by atoms with E-state index in [2.05, 4.69) is 9.97 Å². The number of fused-ring (bicyclic) bond motifs is 1. The van der Waals surface area contributed by atoms with E-state index in [1.807, 2.05) is 0 Å². The second-order valence-electron chi connectivity index (χ2n) is 8.98. The molecule has 33 heavy (non-hydrogen) atoms. The monoisotopic (exact) mass is 489 g/mol. The molecule has 1 fully saturated rings.